The van der Waals surface area contributed by atoms with Crippen LogP contribution >= 0.6 is 11.8 Å². The van der Waals surface area contributed by atoms with Gasteiger partial charge in [0.1, 0.15) is 0 Å². The van der Waals surface area contributed by atoms with E-state index in [9.17, 15) is 0 Å². The summed E-state index contributed by atoms with van der Waals surface area (Å²) in [7, 11) is 0. The van der Waals surface area contributed by atoms with Crippen molar-refractivity contribution in [3.8, 4) is 0 Å². The van der Waals surface area contributed by atoms with Crippen LogP contribution in [-0.4, -0.2) is 5.71 Å². The average molecular weight is 266 g/mol. The Labute approximate surface area is 117 Å². The lowest BCUT2D eigenvalue weighted by Gasteiger charge is -2.08. The second-order valence-electron chi connectivity index (χ2n) is 4.23. The Balaban J connectivity index is 1.90. The second-order valence-corrected chi connectivity index (χ2v) is 5.17. The first-order chi connectivity index (χ1) is 9.43. The molecule has 2 aromatic carbocycles. The fourth-order valence-electron chi connectivity index (χ4n) is 1.95. The van der Waals surface area contributed by atoms with Crippen LogP contribution in [-0.2, 0) is 0 Å². The Bertz CT molecular complexity index is 618. The Morgan fingerprint density at radius 3 is 2.63 bits per heavy atom. The number of hydrogen-bond donors (Lipinski definition) is 1. The van der Waals surface area contributed by atoms with Crippen LogP contribution in [0.4, 0.5) is 5.69 Å². The van der Waals surface area contributed by atoms with E-state index in [1.165, 1.54) is 10.5 Å². The van der Waals surface area contributed by atoms with E-state index >= 15 is 0 Å². The molecule has 0 fully saturated rings. The van der Waals surface area contributed by atoms with E-state index in [0.29, 0.717) is 0 Å². The molecule has 0 aliphatic carbocycles. The van der Waals surface area contributed by atoms with Crippen molar-refractivity contribution in [2.45, 2.75) is 11.3 Å². The van der Waals surface area contributed by atoms with Gasteiger partial charge in [-0.1, -0.05) is 54.2 Å². The van der Waals surface area contributed by atoms with Gasteiger partial charge in [0.05, 0.1) is 11.4 Å². The van der Waals surface area contributed by atoms with Crippen LogP contribution in [0.1, 0.15) is 12.0 Å². The van der Waals surface area contributed by atoms with Gasteiger partial charge in [-0.05, 0) is 23.6 Å². The first-order valence-corrected chi connectivity index (χ1v) is 7.10. The summed E-state index contributed by atoms with van der Waals surface area (Å²) in [5.74, 6) is 0. The molecular formula is C16H14N2S. The molecule has 2 nitrogen and oxygen atoms in total. The molecule has 19 heavy (non-hydrogen) atoms. The fraction of sp³-hybridized carbons (Fsp3) is 0.0625. The lowest BCUT2D eigenvalue weighted by atomic mass is 10.1. The van der Waals surface area contributed by atoms with Crippen molar-refractivity contribution in [1.82, 2.24) is 0 Å². The summed E-state index contributed by atoms with van der Waals surface area (Å²) in [5.41, 5.74) is 6.41. The van der Waals surface area contributed by atoms with Crippen molar-refractivity contribution in [2.75, 3.05) is 5.43 Å². The largest absolute Gasteiger partial charge is 0.278 e. The van der Waals surface area contributed by atoms with E-state index < -0.39 is 0 Å². The SMILES string of the molecule is C1=CSc2ccccc2C(=NNc2ccccc2)C1. The Kier molecular flexibility index (Phi) is 3.65. The third-order valence-corrected chi connectivity index (χ3v) is 3.83. The molecule has 0 saturated carbocycles. The van der Waals surface area contributed by atoms with Crippen molar-refractivity contribution >= 4 is 23.2 Å². The standard InChI is InChI=1S/C16H14N2S/c1-2-7-13(8-3-1)17-18-15-10-6-12-19-16-11-5-4-9-14(15)16/h1-9,11-12,17H,10H2. The number of nitrogens with zero attached hydrogens (tertiary/aromatic N) is 1. The van der Waals surface area contributed by atoms with Gasteiger partial charge in [0.15, 0.2) is 0 Å². The summed E-state index contributed by atoms with van der Waals surface area (Å²) in [6, 6.07) is 18.4. The van der Waals surface area contributed by atoms with Gasteiger partial charge in [-0.2, -0.15) is 5.10 Å². The van der Waals surface area contributed by atoms with Crippen LogP contribution in [0.5, 0.6) is 0 Å². The predicted molar refractivity (Wildman–Crippen MR) is 82.7 cm³/mol. The molecule has 0 spiro atoms. The normalized spacial score (nSPS) is 15.9. The maximum absolute atomic E-state index is 4.56. The molecule has 0 unspecified atom stereocenters. The third kappa shape index (κ3) is 2.88. The van der Waals surface area contributed by atoms with Crippen LogP contribution in [0.25, 0.3) is 0 Å². The zero-order valence-corrected chi connectivity index (χ0v) is 11.2. The van der Waals surface area contributed by atoms with Crippen molar-refractivity contribution in [1.29, 1.82) is 0 Å². The monoisotopic (exact) mass is 266 g/mol. The number of fused-ring (bicyclic) bond motifs is 1. The summed E-state index contributed by atoms with van der Waals surface area (Å²) in [4.78, 5) is 1.25. The maximum Gasteiger partial charge on any atom is 0.0728 e. The third-order valence-electron chi connectivity index (χ3n) is 2.89. The smallest absolute Gasteiger partial charge is 0.0728 e. The van der Waals surface area contributed by atoms with E-state index in [1.54, 1.807) is 11.8 Å². The molecule has 1 N–H and O–H groups in total. The zero-order valence-electron chi connectivity index (χ0n) is 10.4. The first-order valence-electron chi connectivity index (χ1n) is 6.22. The average Bonchev–Trinajstić information content (AvgIpc) is 2.68. The molecule has 0 saturated heterocycles. The van der Waals surface area contributed by atoms with E-state index in [0.717, 1.165) is 17.8 Å². The van der Waals surface area contributed by atoms with Crippen LogP contribution < -0.4 is 5.43 Å². The van der Waals surface area contributed by atoms with Crippen LogP contribution in [0.3, 0.4) is 0 Å². The molecule has 0 amide bonds. The summed E-state index contributed by atoms with van der Waals surface area (Å²) in [6.45, 7) is 0. The summed E-state index contributed by atoms with van der Waals surface area (Å²) in [6.07, 6.45) is 3.00. The van der Waals surface area contributed by atoms with E-state index in [1.807, 2.05) is 30.3 Å². The highest BCUT2D eigenvalue weighted by Crippen LogP contribution is 2.28. The van der Waals surface area contributed by atoms with Gasteiger partial charge in [-0.15, -0.1) is 0 Å². The van der Waals surface area contributed by atoms with E-state index in [2.05, 4.69) is 46.3 Å². The van der Waals surface area contributed by atoms with Gasteiger partial charge in [-0.3, -0.25) is 5.43 Å². The van der Waals surface area contributed by atoms with Crippen molar-refractivity contribution in [3.05, 3.63) is 71.6 Å². The molecule has 0 radical (unpaired) electrons. The quantitative estimate of drug-likeness (QED) is 0.809. The van der Waals surface area contributed by atoms with Gasteiger partial charge in [0, 0.05) is 16.9 Å². The van der Waals surface area contributed by atoms with Crippen molar-refractivity contribution in [2.24, 2.45) is 5.10 Å². The number of para-hydroxylation sites is 1. The number of hydrogen-bond acceptors (Lipinski definition) is 3. The zero-order chi connectivity index (χ0) is 12.9. The highest BCUT2D eigenvalue weighted by Gasteiger charge is 2.10. The van der Waals surface area contributed by atoms with E-state index in [-0.39, 0.29) is 0 Å². The van der Waals surface area contributed by atoms with Gasteiger partial charge >= 0.3 is 0 Å². The molecule has 94 valence electrons. The molecule has 0 aromatic heterocycles. The number of allylic oxidation sites excluding steroid dienone is 1. The summed E-state index contributed by atoms with van der Waals surface area (Å²) >= 11 is 1.75. The number of anilines is 1. The number of hydrazone groups is 1. The van der Waals surface area contributed by atoms with Crippen LogP contribution in [0.2, 0.25) is 0 Å². The minimum absolute atomic E-state index is 0.851. The van der Waals surface area contributed by atoms with Crippen molar-refractivity contribution < 1.29 is 0 Å². The lowest BCUT2D eigenvalue weighted by Crippen LogP contribution is -2.04. The molecule has 3 heteroatoms. The molecule has 1 aliphatic heterocycles. The maximum atomic E-state index is 4.56. The summed E-state index contributed by atoms with van der Waals surface area (Å²) < 4.78 is 0. The molecule has 3 rings (SSSR count). The minimum atomic E-state index is 0.851. The highest BCUT2D eigenvalue weighted by atomic mass is 32.2. The van der Waals surface area contributed by atoms with Gasteiger partial charge in [0.2, 0.25) is 0 Å². The second kappa shape index (κ2) is 5.76. The molecule has 2 aromatic rings. The fourth-order valence-corrected chi connectivity index (χ4v) is 2.76. The predicted octanol–water partition coefficient (Wildman–Crippen LogP) is 4.51. The Hall–Kier alpha value is -2.00. The number of nitrogens with one attached hydrogen (secondary N) is 1. The van der Waals surface area contributed by atoms with Crippen LogP contribution in [0.15, 0.2) is 76.1 Å². The lowest BCUT2D eigenvalue weighted by molar-refractivity contribution is 1.27. The molecule has 0 atom stereocenters. The number of benzene rings is 2. The summed E-state index contributed by atoms with van der Waals surface area (Å²) in [5, 5.41) is 6.69. The highest BCUT2D eigenvalue weighted by molar-refractivity contribution is 8.02. The molecule has 0 bridgehead atoms. The van der Waals surface area contributed by atoms with Gasteiger partial charge in [-0.25, -0.2) is 0 Å². The first kappa shape index (κ1) is 12.1. The Morgan fingerprint density at radius 1 is 0.947 bits per heavy atom. The molecule has 1 aliphatic rings. The van der Waals surface area contributed by atoms with E-state index in [4.69, 9.17) is 0 Å². The van der Waals surface area contributed by atoms with Crippen molar-refractivity contribution in [3.63, 3.8) is 0 Å². The number of rotatable bonds is 2. The van der Waals surface area contributed by atoms with Gasteiger partial charge in [0.25, 0.3) is 0 Å². The van der Waals surface area contributed by atoms with Gasteiger partial charge < -0.3 is 0 Å². The van der Waals surface area contributed by atoms with Crippen LogP contribution in [0, 0.1) is 0 Å². The molecule has 1 heterocycles. The topological polar surface area (TPSA) is 24.4 Å². The molecular weight excluding hydrogens is 252 g/mol. The minimum Gasteiger partial charge on any atom is -0.278 e. The number of thioether (sulfide) groups is 1. The Morgan fingerprint density at radius 2 is 1.74 bits per heavy atom.